The van der Waals surface area contributed by atoms with E-state index in [4.69, 9.17) is 4.74 Å². The Kier molecular flexibility index (Phi) is 29.3. The average molecular weight is 725 g/mol. The molecule has 1 fully saturated rings. The van der Waals surface area contributed by atoms with Crippen LogP contribution in [-0.2, 0) is 33.2 Å². The number of alkyl halides is 2. The topological polar surface area (TPSA) is 288 Å². The maximum atomic E-state index is 13.7. The van der Waals surface area contributed by atoms with Crippen molar-refractivity contribution in [2.45, 2.75) is 30.2 Å². The molecule has 0 aromatic carbocycles. The summed E-state index contributed by atoms with van der Waals surface area (Å²) in [5.74, 6) is -3.85. The number of pyridine rings is 1. The summed E-state index contributed by atoms with van der Waals surface area (Å²) in [6.07, 6.45) is -7.12. The van der Waals surface area contributed by atoms with Crippen LogP contribution in [0.1, 0.15) is 11.8 Å². The molecule has 28 heteroatoms. The van der Waals surface area contributed by atoms with Gasteiger partial charge in [-0.3, -0.25) is 9.36 Å². The van der Waals surface area contributed by atoms with Gasteiger partial charge in [-0.05, 0) is 6.07 Å². The number of hydrogen-bond donors (Lipinski definition) is 2. The molecule has 202 valence electrons. The zero-order valence-electron chi connectivity index (χ0n) is 22.9. The van der Waals surface area contributed by atoms with E-state index in [2.05, 4.69) is 4.52 Å². The number of rotatable bonds is 10. The SMILES string of the molecule is O=c1cc(C(F)(F)P(=O)([O-])[O-])ccn1[C@@H]1O[C@H](COP(=O)([O-])CP(=O)([O-])CP(=O)([O-])[O-])[C@@H](O)[C@H]1O.[Na+].[Na+].[Na+].[Na+].[Na+].[Na+]. The third-order valence-electron chi connectivity index (χ3n) is 4.46. The summed E-state index contributed by atoms with van der Waals surface area (Å²) in [6.45, 7) is -1.16. The molecule has 1 saturated heterocycles. The molecule has 41 heavy (non-hydrogen) atoms. The van der Waals surface area contributed by atoms with Crippen molar-refractivity contribution >= 4 is 30.2 Å². The van der Waals surface area contributed by atoms with Crippen LogP contribution in [0, 0.1) is 0 Å². The van der Waals surface area contributed by atoms with Crippen LogP contribution >= 0.6 is 30.2 Å². The Balaban J connectivity index is -0.000000720. The zero-order chi connectivity index (χ0) is 27.2. The van der Waals surface area contributed by atoms with Crippen LogP contribution in [0.5, 0.6) is 0 Å². The minimum atomic E-state index is -6.50. The fourth-order valence-corrected chi connectivity index (χ4v) is 9.48. The Morgan fingerprint density at radius 3 is 1.80 bits per heavy atom. The van der Waals surface area contributed by atoms with Gasteiger partial charge in [-0.2, -0.15) is 8.78 Å². The minimum Gasteiger partial charge on any atom is -0.810 e. The number of aliphatic hydroxyl groups excluding tert-OH is 2. The molecule has 0 radical (unpaired) electrons. The number of nitrogens with zero attached hydrogens (tertiary/aromatic N) is 1. The van der Waals surface area contributed by atoms with Crippen molar-refractivity contribution in [3.8, 4) is 0 Å². The largest absolute Gasteiger partial charge is 1.00 e. The number of halogens is 2. The van der Waals surface area contributed by atoms with Crippen LogP contribution < -0.4 is 212 Å². The first-order chi connectivity index (χ1) is 15.6. The van der Waals surface area contributed by atoms with E-state index in [9.17, 15) is 71.4 Å². The predicted molar refractivity (Wildman–Crippen MR) is 96.6 cm³/mol. The first kappa shape index (κ1) is 55.7. The second-order valence-electron chi connectivity index (χ2n) is 7.36. The molecule has 6 atom stereocenters. The summed E-state index contributed by atoms with van der Waals surface area (Å²) in [5, 5.41) is 20.1. The molecular formula is C13H15F2NNa6O15P4. The van der Waals surface area contributed by atoms with E-state index < -0.39 is 89.9 Å². The molecular weight excluding hydrogens is 710 g/mol. The van der Waals surface area contributed by atoms with Gasteiger partial charge in [0.2, 0.25) is 0 Å². The first-order valence-corrected chi connectivity index (χ1v) is 15.9. The molecule has 1 aromatic heterocycles. The van der Waals surface area contributed by atoms with E-state index >= 15 is 0 Å². The summed E-state index contributed by atoms with van der Waals surface area (Å²) in [5.41, 5.74) is -7.86. The number of hydrogen-bond acceptors (Lipinski definition) is 15. The fraction of sp³-hybridized carbons (Fsp3) is 0.615. The van der Waals surface area contributed by atoms with Crippen LogP contribution in [0.3, 0.4) is 0 Å². The maximum Gasteiger partial charge on any atom is 1.00 e. The van der Waals surface area contributed by atoms with E-state index in [1.165, 1.54) is 0 Å². The van der Waals surface area contributed by atoms with Crippen molar-refractivity contribution in [1.29, 1.82) is 0 Å². The van der Waals surface area contributed by atoms with Gasteiger partial charge in [-0.25, -0.2) is 0 Å². The minimum absolute atomic E-state index is 0. The second-order valence-corrected chi connectivity index (χ2v) is 15.5. The van der Waals surface area contributed by atoms with Crippen molar-refractivity contribution in [3.63, 3.8) is 0 Å². The van der Waals surface area contributed by atoms with Crippen molar-refractivity contribution < 1.29 is 253 Å². The molecule has 1 aromatic rings. The Labute approximate surface area is 364 Å². The molecule has 0 amide bonds. The number of aromatic nitrogens is 1. The van der Waals surface area contributed by atoms with Gasteiger partial charge in [0.1, 0.15) is 25.9 Å². The Morgan fingerprint density at radius 1 is 0.902 bits per heavy atom. The van der Waals surface area contributed by atoms with Crippen molar-refractivity contribution in [3.05, 3.63) is 34.2 Å². The van der Waals surface area contributed by atoms with Crippen LogP contribution in [0.25, 0.3) is 0 Å². The van der Waals surface area contributed by atoms with E-state index in [1.54, 1.807) is 0 Å². The number of aliphatic hydroxyl groups is 2. The quantitative estimate of drug-likeness (QED) is 0.167. The molecule has 2 unspecified atom stereocenters. The normalized spacial score (nSPS) is 23.4. The van der Waals surface area contributed by atoms with Gasteiger partial charge in [0.05, 0.1) is 12.5 Å². The van der Waals surface area contributed by atoms with E-state index in [0.29, 0.717) is 16.8 Å². The first-order valence-electron chi connectivity index (χ1n) is 8.95. The van der Waals surface area contributed by atoms with Crippen LogP contribution in [0.15, 0.2) is 23.1 Å². The fourth-order valence-electron chi connectivity index (χ4n) is 2.94. The smallest absolute Gasteiger partial charge is 0.810 e. The van der Waals surface area contributed by atoms with Gasteiger partial charge in [0, 0.05) is 38.7 Å². The van der Waals surface area contributed by atoms with E-state index in [-0.39, 0.29) is 183 Å². The monoisotopic (exact) mass is 725 g/mol. The molecule has 2 rings (SSSR count). The van der Waals surface area contributed by atoms with Gasteiger partial charge < -0.3 is 67.1 Å². The van der Waals surface area contributed by atoms with Crippen LogP contribution in [0.2, 0.25) is 0 Å². The summed E-state index contributed by atoms with van der Waals surface area (Å²) in [6, 6.07) is 0.398. The van der Waals surface area contributed by atoms with Gasteiger partial charge in [-0.1, -0.05) is 7.60 Å². The standard InChI is InChI=1S/C13H21F2NO15P4.6Na/c14-13(15,35(27,28)29)7-1-2-16(9(17)3-7)12-11(19)10(18)8(31-12)4-30-34(25,26)6-32(20,21)5-33(22,23)24;;;;;;/h1-3,8,10-12,18-19H,4-6H2,(H,20,21)(H,25,26)(H2,22,23,24)(H2,27,28,29);;;;;;/q;6*+1/p-6/t8-,10-,11-,12-;;;;;;/m1....../s1. The van der Waals surface area contributed by atoms with Crippen molar-refractivity contribution in [2.75, 3.05) is 18.4 Å². The molecule has 1 aliphatic rings. The summed E-state index contributed by atoms with van der Waals surface area (Å²) < 4.78 is 81.8. The van der Waals surface area contributed by atoms with Crippen LogP contribution in [-0.4, -0.2) is 51.5 Å². The molecule has 2 N–H and O–H groups in total. The Morgan fingerprint density at radius 2 is 1.39 bits per heavy atom. The van der Waals surface area contributed by atoms with E-state index in [0.717, 1.165) is 0 Å². The molecule has 0 spiro atoms. The Bertz CT molecular complexity index is 1220. The van der Waals surface area contributed by atoms with Crippen molar-refractivity contribution in [2.24, 2.45) is 0 Å². The molecule has 16 nitrogen and oxygen atoms in total. The molecule has 1 aliphatic heterocycles. The van der Waals surface area contributed by atoms with E-state index in [1.807, 2.05) is 0 Å². The summed E-state index contributed by atoms with van der Waals surface area (Å²) in [4.78, 5) is 78.1. The third kappa shape index (κ3) is 16.7. The van der Waals surface area contributed by atoms with Gasteiger partial charge >= 0.3 is 177 Å². The molecule has 0 aliphatic carbocycles. The zero-order valence-corrected chi connectivity index (χ0v) is 38.4. The Hall–Kier alpha value is 5.33. The molecule has 0 bridgehead atoms. The van der Waals surface area contributed by atoms with Gasteiger partial charge in [0.15, 0.2) is 6.23 Å². The molecule has 0 saturated carbocycles. The van der Waals surface area contributed by atoms with Crippen molar-refractivity contribution in [1.82, 2.24) is 4.57 Å². The summed E-state index contributed by atoms with van der Waals surface area (Å²) >= 11 is 0. The average Bonchev–Trinajstić information content (AvgIpc) is 2.90. The third-order valence-corrected chi connectivity index (χ3v) is 12.2. The second kappa shape index (κ2) is 21.5. The van der Waals surface area contributed by atoms with Gasteiger partial charge in [-0.15, -0.1) is 0 Å². The molecule has 2 heterocycles. The van der Waals surface area contributed by atoms with Crippen LogP contribution in [0.4, 0.5) is 8.78 Å². The number of ether oxygens (including phenoxy) is 1. The van der Waals surface area contributed by atoms with Gasteiger partial charge in [0.25, 0.3) is 11.2 Å². The summed E-state index contributed by atoms with van der Waals surface area (Å²) in [7, 11) is -22.8. The predicted octanol–water partition coefficient (Wildman–Crippen LogP) is -22.5. The maximum absolute atomic E-state index is 13.7.